The van der Waals surface area contributed by atoms with Crippen molar-refractivity contribution >= 4 is 11.8 Å². The normalized spacial score (nSPS) is 30.9. The number of carbonyl (C=O) groups is 2. The molecule has 3 N–H and O–H groups in total. The molecular weight excluding hydrogens is 264 g/mol. The van der Waals surface area contributed by atoms with Crippen molar-refractivity contribution in [3.63, 3.8) is 0 Å². The van der Waals surface area contributed by atoms with Gasteiger partial charge in [-0.2, -0.15) is 0 Å². The third kappa shape index (κ3) is 2.43. The number of hydrogen-bond donors (Lipinski definition) is 2. The molecule has 4 heteroatoms. The molecule has 2 aliphatic rings. The smallest absolute Gasteiger partial charge is 0.251 e. The average Bonchev–Trinajstić information content (AvgIpc) is 2.71. The fraction of sp³-hybridized carbons (Fsp3) is 0.529. The average molecular weight is 286 g/mol. The van der Waals surface area contributed by atoms with Crippen molar-refractivity contribution in [1.82, 2.24) is 5.32 Å². The number of nitrogens with two attached hydrogens (primary N) is 1. The molecule has 4 nitrogen and oxygen atoms in total. The molecule has 0 heterocycles. The molecule has 2 atom stereocenters. The number of amides is 2. The van der Waals surface area contributed by atoms with Gasteiger partial charge < -0.3 is 11.1 Å². The Balaban J connectivity index is 1.79. The van der Waals surface area contributed by atoms with E-state index in [4.69, 9.17) is 5.73 Å². The van der Waals surface area contributed by atoms with E-state index in [1.54, 1.807) is 0 Å². The predicted molar refractivity (Wildman–Crippen MR) is 80.7 cm³/mol. The van der Waals surface area contributed by atoms with Gasteiger partial charge in [-0.3, -0.25) is 9.59 Å². The predicted octanol–water partition coefficient (Wildman–Crippen LogP) is 2.30. The number of hydrogen-bond acceptors (Lipinski definition) is 2. The fourth-order valence-electron chi connectivity index (χ4n) is 4.10. The zero-order valence-corrected chi connectivity index (χ0v) is 12.4. The van der Waals surface area contributed by atoms with Crippen LogP contribution in [0.25, 0.3) is 0 Å². The first-order valence-electron chi connectivity index (χ1n) is 7.64. The summed E-state index contributed by atoms with van der Waals surface area (Å²) in [6, 6.07) is 7.59. The van der Waals surface area contributed by atoms with E-state index in [9.17, 15) is 9.59 Å². The molecule has 2 amide bonds. The van der Waals surface area contributed by atoms with Crippen LogP contribution in [-0.2, 0) is 4.79 Å². The van der Waals surface area contributed by atoms with Crippen LogP contribution in [0.5, 0.6) is 0 Å². The molecule has 0 radical (unpaired) electrons. The molecule has 1 aromatic carbocycles. The first-order valence-corrected chi connectivity index (χ1v) is 7.64. The van der Waals surface area contributed by atoms with Crippen LogP contribution in [0.15, 0.2) is 24.3 Å². The monoisotopic (exact) mass is 286 g/mol. The molecule has 0 spiro atoms. The molecule has 0 unspecified atom stereocenters. The van der Waals surface area contributed by atoms with Crippen LogP contribution in [-0.4, -0.2) is 17.4 Å². The molecule has 2 fully saturated rings. The highest BCUT2D eigenvalue weighted by Gasteiger charge is 2.54. The second-order valence-corrected chi connectivity index (χ2v) is 6.78. The Morgan fingerprint density at radius 2 is 2.00 bits per heavy atom. The first kappa shape index (κ1) is 14.1. The second kappa shape index (κ2) is 4.86. The topological polar surface area (TPSA) is 72.2 Å². The summed E-state index contributed by atoms with van der Waals surface area (Å²) < 4.78 is 0. The van der Waals surface area contributed by atoms with E-state index in [-0.39, 0.29) is 17.4 Å². The van der Waals surface area contributed by atoms with Crippen LogP contribution in [0.2, 0.25) is 0 Å². The fourth-order valence-corrected chi connectivity index (χ4v) is 4.10. The molecule has 3 rings (SSSR count). The Labute approximate surface area is 125 Å². The van der Waals surface area contributed by atoms with Crippen LogP contribution < -0.4 is 11.1 Å². The van der Waals surface area contributed by atoms with Gasteiger partial charge in [-0.15, -0.1) is 0 Å². The molecular formula is C17H22N2O2. The minimum absolute atomic E-state index is 0.0409. The van der Waals surface area contributed by atoms with Gasteiger partial charge in [0.15, 0.2) is 0 Å². The van der Waals surface area contributed by atoms with Crippen LogP contribution in [0, 0.1) is 12.3 Å². The number of carbonyl (C=O) groups excluding carboxylic acids is 2. The maximum absolute atomic E-state index is 12.5. The van der Waals surface area contributed by atoms with E-state index in [2.05, 4.69) is 5.32 Å². The molecule has 2 bridgehead atoms. The zero-order valence-electron chi connectivity index (χ0n) is 12.4. The van der Waals surface area contributed by atoms with Gasteiger partial charge in [-0.25, -0.2) is 0 Å². The minimum atomic E-state index is -0.391. The van der Waals surface area contributed by atoms with Gasteiger partial charge in [0.25, 0.3) is 5.91 Å². The standard InChI is InChI=1S/C17H22N2O2/c1-12-4-2-5-13(10-12)14(20)19-17-7-3-6-16(11-17,8-9-17)15(18)21/h2,4-5,10H,3,6-9,11H2,1H3,(H2,18,21)(H,19,20)/t16-,17+/m1/s1. The Kier molecular flexibility index (Phi) is 3.27. The molecule has 0 saturated heterocycles. The van der Waals surface area contributed by atoms with E-state index in [1.807, 2.05) is 31.2 Å². The lowest BCUT2D eigenvalue weighted by atomic mass is 9.72. The van der Waals surface area contributed by atoms with Crippen molar-refractivity contribution in [3.05, 3.63) is 35.4 Å². The highest BCUT2D eigenvalue weighted by molar-refractivity contribution is 5.95. The Hall–Kier alpha value is -1.84. The quantitative estimate of drug-likeness (QED) is 0.895. The van der Waals surface area contributed by atoms with E-state index in [0.29, 0.717) is 12.0 Å². The summed E-state index contributed by atoms with van der Waals surface area (Å²) in [7, 11) is 0. The molecule has 112 valence electrons. The maximum atomic E-state index is 12.5. The lowest BCUT2D eigenvalue weighted by molar-refractivity contribution is -0.128. The summed E-state index contributed by atoms with van der Waals surface area (Å²) >= 11 is 0. The number of aryl methyl sites for hydroxylation is 1. The summed E-state index contributed by atoms with van der Waals surface area (Å²) in [5.41, 5.74) is 6.73. The van der Waals surface area contributed by atoms with Gasteiger partial charge in [-0.1, -0.05) is 24.1 Å². The molecule has 0 aliphatic heterocycles. The van der Waals surface area contributed by atoms with Crippen LogP contribution in [0.3, 0.4) is 0 Å². The van der Waals surface area contributed by atoms with Gasteiger partial charge >= 0.3 is 0 Å². The van der Waals surface area contributed by atoms with Crippen LogP contribution >= 0.6 is 0 Å². The third-order valence-electron chi connectivity index (χ3n) is 5.25. The molecule has 21 heavy (non-hydrogen) atoms. The Morgan fingerprint density at radius 3 is 2.71 bits per heavy atom. The summed E-state index contributed by atoms with van der Waals surface area (Å²) in [5, 5.41) is 3.20. The molecule has 2 saturated carbocycles. The Morgan fingerprint density at radius 1 is 1.19 bits per heavy atom. The maximum Gasteiger partial charge on any atom is 0.251 e. The van der Waals surface area contributed by atoms with Gasteiger partial charge in [0.05, 0.1) is 5.41 Å². The van der Waals surface area contributed by atoms with Crippen molar-refractivity contribution in [1.29, 1.82) is 0 Å². The van der Waals surface area contributed by atoms with Gasteiger partial charge in [-0.05, 0) is 51.2 Å². The van der Waals surface area contributed by atoms with Crippen LogP contribution in [0.4, 0.5) is 0 Å². The first-order chi connectivity index (χ1) is 9.95. The largest absolute Gasteiger partial charge is 0.369 e. The number of nitrogens with one attached hydrogen (secondary N) is 1. The van der Waals surface area contributed by atoms with Gasteiger partial charge in [0.2, 0.25) is 5.91 Å². The zero-order chi connectivity index (χ0) is 15.1. The lowest BCUT2D eigenvalue weighted by Crippen LogP contribution is -2.51. The minimum Gasteiger partial charge on any atom is -0.369 e. The highest BCUT2D eigenvalue weighted by Crippen LogP contribution is 2.53. The second-order valence-electron chi connectivity index (χ2n) is 6.78. The highest BCUT2D eigenvalue weighted by atomic mass is 16.2. The number of fused-ring (bicyclic) bond motifs is 2. The summed E-state index contributed by atoms with van der Waals surface area (Å²) in [6.45, 7) is 1.98. The lowest BCUT2D eigenvalue weighted by Gasteiger charge is -2.38. The van der Waals surface area contributed by atoms with Crippen molar-refractivity contribution in [2.75, 3.05) is 0 Å². The molecule has 1 aromatic rings. The van der Waals surface area contributed by atoms with Crippen molar-refractivity contribution < 1.29 is 9.59 Å². The van der Waals surface area contributed by atoms with Crippen molar-refractivity contribution in [3.8, 4) is 0 Å². The van der Waals surface area contributed by atoms with Gasteiger partial charge in [0.1, 0.15) is 0 Å². The summed E-state index contributed by atoms with van der Waals surface area (Å²) in [4.78, 5) is 24.3. The molecule has 0 aromatic heterocycles. The Bertz CT molecular complexity index is 598. The number of primary amides is 1. The van der Waals surface area contributed by atoms with Gasteiger partial charge in [0, 0.05) is 11.1 Å². The van der Waals surface area contributed by atoms with Crippen molar-refractivity contribution in [2.24, 2.45) is 11.1 Å². The van der Waals surface area contributed by atoms with E-state index in [0.717, 1.165) is 37.7 Å². The number of benzene rings is 1. The van der Waals surface area contributed by atoms with Crippen molar-refractivity contribution in [2.45, 2.75) is 51.0 Å². The van der Waals surface area contributed by atoms with E-state index >= 15 is 0 Å². The summed E-state index contributed by atoms with van der Waals surface area (Å²) in [6.07, 6.45) is 5.12. The van der Waals surface area contributed by atoms with E-state index in [1.165, 1.54) is 0 Å². The van der Waals surface area contributed by atoms with E-state index < -0.39 is 5.41 Å². The third-order valence-corrected chi connectivity index (χ3v) is 5.25. The summed E-state index contributed by atoms with van der Waals surface area (Å²) in [5.74, 6) is -0.241. The van der Waals surface area contributed by atoms with Crippen LogP contribution in [0.1, 0.15) is 54.4 Å². The molecule has 2 aliphatic carbocycles. The number of rotatable bonds is 3. The SMILES string of the molecule is Cc1cccc(C(=O)N[C@@]23CCC[C@@](C(N)=O)(CC2)C3)c1.